The smallest absolute Gasteiger partial charge is 0.261 e. The Bertz CT molecular complexity index is 646. The third-order valence-corrected chi connectivity index (χ3v) is 3.49. The van der Waals surface area contributed by atoms with Crippen LogP contribution in [-0.4, -0.2) is 25.2 Å². The molecule has 2 aromatic carbocycles. The molecule has 6 heteroatoms. The van der Waals surface area contributed by atoms with Crippen molar-refractivity contribution in [3.63, 3.8) is 0 Å². The quantitative estimate of drug-likeness (QED) is 0.735. The molecule has 0 spiro atoms. The summed E-state index contributed by atoms with van der Waals surface area (Å²) in [4.78, 5) is 12.1. The Hall–Kier alpha value is -2.27. The molecule has 1 amide bonds. The minimum atomic E-state index is -0.586. The average Bonchev–Trinajstić information content (AvgIpc) is 2.59. The predicted molar refractivity (Wildman–Crippen MR) is 91.1 cm³/mol. The number of carbonyl (C=O) groups excluding carboxylic acids is 1. The molecule has 0 unspecified atom stereocenters. The zero-order valence-electron chi connectivity index (χ0n) is 13.3. The lowest BCUT2D eigenvalue weighted by molar-refractivity contribution is -0.128. The van der Waals surface area contributed by atoms with E-state index in [2.05, 4.69) is 5.32 Å². The van der Waals surface area contributed by atoms with E-state index in [1.807, 2.05) is 6.92 Å². The molecule has 0 fully saturated rings. The van der Waals surface area contributed by atoms with Gasteiger partial charge in [0.1, 0.15) is 23.9 Å². The van der Waals surface area contributed by atoms with Crippen LogP contribution >= 0.6 is 11.6 Å². The topological polar surface area (TPSA) is 47.6 Å². The molecule has 1 N–H and O–H groups in total. The average molecular weight is 352 g/mol. The lowest BCUT2D eigenvalue weighted by Crippen LogP contribution is -2.39. The fourth-order valence-corrected chi connectivity index (χ4v) is 2.11. The number of hydrogen-bond acceptors (Lipinski definition) is 3. The van der Waals surface area contributed by atoms with Gasteiger partial charge in [-0.1, -0.05) is 18.5 Å². The van der Waals surface area contributed by atoms with Gasteiger partial charge >= 0.3 is 0 Å². The van der Waals surface area contributed by atoms with Crippen molar-refractivity contribution >= 4 is 17.5 Å². The summed E-state index contributed by atoms with van der Waals surface area (Å²) in [5.41, 5.74) is 0. The van der Waals surface area contributed by atoms with Crippen molar-refractivity contribution in [1.29, 1.82) is 0 Å². The second-order valence-corrected chi connectivity index (χ2v) is 5.50. The molecule has 1 atom stereocenters. The SMILES string of the molecule is CC[C@@H](Oc1ccc(Cl)cc1)C(=O)NCCOc1ccc(F)cc1. The number of carbonyl (C=O) groups is 1. The van der Waals surface area contributed by atoms with Crippen molar-refractivity contribution in [2.24, 2.45) is 0 Å². The van der Waals surface area contributed by atoms with Crippen molar-refractivity contribution in [2.75, 3.05) is 13.2 Å². The van der Waals surface area contributed by atoms with Gasteiger partial charge in [0.2, 0.25) is 0 Å². The van der Waals surface area contributed by atoms with Crippen molar-refractivity contribution in [3.05, 3.63) is 59.4 Å². The van der Waals surface area contributed by atoms with Crippen molar-refractivity contribution in [3.8, 4) is 11.5 Å². The number of nitrogens with one attached hydrogen (secondary N) is 1. The summed E-state index contributed by atoms with van der Waals surface area (Å²) >= 11 is 5.82. The van der Waals surface area contributed by atoms with Gasteiger partial charge in [-0.25, -0.2) is 4.39 Å². The molecule has 0 bridgehead atoms. The number of halogens is 2. The van der Waals surface area contributed by atoms with Gasteiger partial charge in [-0.2, -0.15) is 0 Å². The maximum Gasteiger partial charge on any atom is 0.261 e. The van der Waals surface area contributed by atoms with E-state index < -0.39 is 6.10 Å². The Kier molecular flexibility index (Phi) is 6.88. The van der Waals surface area contributed by atoms with Crippen LogP contribution in [0.25, 0.3) is 0 Å². The van der Waals surface area contributed by atoms with Crippen LogP contribution in [0.4, 0.5) is 4.39 Å². The normalized spacial score (nSPS) is 11.6. The zero-order chi connectivity index (χ0) is 17.4. The Morgan fingerprint density at radius 1 is 1.12 bits per heavy atom. The fourth-order valence-electron chi connectivity index (χ4n) is 1.99. The largest absolute Gasteiger partial charge is 0.492 e. The van der Waals surface area contributed by atoms with E-state index in [4.69, 9.17) is 21.1 Å². The van der Waals surface area contributed by atoms with Crippen LogP contribution in [-0.2, 0) is 4.79 Å². The van der Waals surface area contributed by atoms with E-state index in [0.717, 1.165) is 0 Å². The monoisotopic (exact) mass is 351 g/mol. The van der Waals surface area contributed by atoms with Crippen molar-refractivity contribution < 1.29 is 18.7 Å². The summed E-state index contributed by atoms with van der Waals surface area (Å²) < 4.78 is 23.9. The highest BCUT2D eigenvalue weighted by molar-refractivity contribution is 6.30. The molecule has 4 nitrogen and oxygen atoms in total. The summed E-state index contributed by atoms with van der Waals surface area (Å²) in [6.45, 7) is 2.49. The molecule has 0 aromatic heterocycles. The van der Waals surface area contributed by atoms with Gasteiger partial charge in [0.15, 0.2) is 6.10 Å². The lowest BCUT2D eigenvalue weighted by atomic mass is 10.2. The fraction of sp³-hybridized carbons (Fsp3) is 0.278. The molecule has 2 rings (SSSR count). The van der Waals surface area contributed by atoms with Gasteiger partial charge in [-0.05, 0) is 55.0 Å². The van der Waals surface area contributed by atoms with Crippen LogP contribution in [0.1, 0.15) is 13.3 Å². The highest BCUT2D eigenvalue weighted by atomic mass is 35.5. The summed E-state index contributed by atoms with van der Waals surface area (Å²) in [6, 6.07) is 12.6. The maximum absolute atomic E-state index is 12.8. The first-order valence-corrected chi connectivity index (χ1v) is 8.04. The maximum atomic E-state index is 12.8. The molecular formula is C18H19ClFNO3. The van der Waals surface area contributed by atoms with Gasteiger partial charge in [-0.3, -0.25) is 4.79 Å². The molecular weight excluding hydrogens is 333 g/mol. The minimum Gasteiger partial charge on any atom is -0.492 e. The van der Waals surface area contributed by atoms with Crippen LogP contribution in [0, 0.1) is 5.82 Å². The first-order valence-electron chi connectivity index (χ1n) is 7.67. The number of ether oxygens (including phenoxy) is 2. The molecule has 0 saturated carbocycles. The zero-order valence-corrected chi connectivity index (χ0v) is 14.1. The molecule has 0 heterocycles. The van der Waals surface area contributed by atoms with E-state index in [9.17, 15) is 9.18 Å². The van der Waals surface area contributed by atoms with Gasteiger partial charge in [0, 0.05) is 5.02 Å². The second kappa shape index (κ2) is 9.13. The number of benzene rings is 2. The molecule has 24 heavy (non-hydrogen) atoms. The number of hydrogen-bond donors (Lipinski definition) is 1. The van der Waals surface area contributed by atoms with Gasteiger partial charge < -0.3 is 14.8 Å². The van der Waals surface area contributed by atoms with Crippen molar-refractivity contribution in [2.45, 2.75) is 19.4 Å². The molecule has 2 aromatic rings. The van der Waals surface area contributed by atoms with Gasteiger partial charge in [-0.15, -0.1) is 0 Å². The molecule has 0 aliphatic heterocycles. The van der Waals surface area contributed by atoms with Crippen molar-refractivity contribution in [1.82, 2.24) is 5.32 Å². The first-order chi connectivity index (χ1) is 11.6. The number of rotatable bonds is 8. The molecule has 0 aliphatic carbocycles. The van der Waals surface area contributed by atoms with Crippen LogP contribution in [0.15, 0.2) is 48.5 Å². The van der Waals surface area contributed by atoms with E-state index in [1.165, 1.54) is 24.3 Å². The third-order valence-electron chi connectivity index (χ3n) is 3.24. The highest BCUT2D eigenvalue weighted by Gasteiger charge is 2.17. The lowest BCUT2D eigenvalue weighted by Gasteiger charge is -2.17. The summed E-state index contributed by atoms with van der Waals surface area (Å²) in [5.74, 6) is 0.606. The van der Waals surface area contributed by atoms with Crippen LogP contribution in [0.3, 0.4) is 0 Å². The minimum absolute atomic E-state index is 0.213. The van der Waals surface area contributed by atoms with E-state index in [1.54, 1.807) is 24.3 Å². The van der Waals surface area contributed by atoms with E-state index in [0.29, 0.717) is 29.5 Å². The van der Waals surface area contributed by atoms with Crippen LogP contribution in [0.2, 0.25) is 5.02 Å². The summed E-state index contributed by atoms with van der Waals surface area (Å²) in [7, 11) is 0. The molecule has 0 saturated heterocycles. The first kappa shape index (κ1) is 18.1. The molecule has 128 valence electrons. The third kappa shape index (κ3) is 5.74. The Balaban J connectivity index is 1.75. The Morgan fingerprint density at radius 2 is 1.75 bits per heavy atom. The van der Waals surface area contributed by atoms with Crippen LogP contribution < -0.4 is 14.8 Å². The van der Waals surface area contributed by atoms with E-state index in [-0.39, 0.29) is 18.3 Å². The highest BCUT2D eigenvalue weighted by Crippen LogP contribution is 2.17. The summed E-state index contributed by atoms with van der Waals surface area (Å²) in [5, 5.41) is 3.37. The predicted octanol–water partition coefficient (Wildman–Crippen LogP) is 3.83. The molecule has 0 aliphatic rings. The van der Waals surface area contributed by atoms with Crippen LogP contribution in [0.5, 0.6) is 11.5 Å². The Morgan fingerprint density at radius 3 is 2.38 bits per heavy atom. The van der Waals surface area contributed by atoms with Gasteiger partial charge in [0.25, 0.3) is 5.91 Å². The standard InChI is InChI=1S/C18H19ClFNO3/c1-2-17(24-16-7-3-13(19)4-8-16)18(22)21-11-12-23-15-9-5-14(20)6-10-15/h3-10,17H,2,11-12H2,1H3,(H,21,22)/t17-/m1/s1. The second-order valence-electron chi connectivity index (χ2n) is 5.06. The molecule has 0 radical (unpaired) electrons. The summed E-state index contributed by atoms with van der Waals surface area (Å²) in [6.07, 6.45) is -0.0511. The number of amides is 1. The Labute approximate surface area is 145 Å². The van der Waals surface area contributed by atoms with Gasteiger partial charge in [0.05, 0.1) is 6.54 Å². The van der Waals surface area contributed by atoms with E-state index >= 15 is 0 Å².